The normalized spacial score (nSPS) is 11.9. The second-order valence-electron chi connectivity index (χ2n) is 5.05. The van der Waals surface area contributed by atoms with Gasteiger partial charge in [0.05, 0.1) is 28.6 Å². The Morgan fingerprint density at radius 1 is 1.38 bits per heavy atom. The number of fused-ring (bicyclic) bond motifs is 1. The minimum absolute atomic E-state index is 0.0999. The van der Waals surface area contributed by atoms with Crippen molar-refractivity contribution in [3.8, 4) is 0 Å². The molecule has 3 aromatic rings. The van der Waals surface area contributed by atoms with Crippen LogP contribution in [0.3, 0.4) is 0 Å². The number of hydrogen-bond donors (Lipinski definition) is 0. The van der Waals surface area contributed by atoms with Crippen molar-refractivity contribution in [2.24, 2.45) is 4.99 Å². The van der Waals surface area contributed by atoms with Crippen LogP contribution in [0, 0.1) is 6.92 Å². The predicted molar refractivity (Wildman–Crippen MR) is 88.0 cm³/mol. The van der Waals surface area contributed by atoms with E-state index in [9.17, 15) is 9.59 Å². The number of carbonyl (C=O) groups excluding carboxylic acids is 2. The molecule has 24 heavy (non-hydrogen) atoms. The summed E-state index contributed by atoms with van der Waals surface area (Å²) in [7, 11) is 1.34. The van der Waals surface area contributed by atoms with E-state index in [1.165, 1.54) is 18.4 Å². The zero-order valence-electron chi connectivity index (χ0n) is 13.4. The molecule has 0 atom stereocenters. The van der Waals surface area contributed by atoms with Crippen molar-refractivity contribution in [1.82, 2.24) is 9.72 Å². The second kappa shape index (κ2) is 6.40. The van der Waals surface area contributed by atoms with Crippen LogP contribution >= 0.6 is 11.3 Å². The molecule has 0 radical (unpaired) electrons. The maximum absolute atomic E-state index is 12.2. The summed E-state index contributed by atoms with van der Waals surface area (Å²) in [6, 6.07) is 6.80. The zero-order chi connectivity index (χ0) is 17.3. The SMILES string of the molecule is CCn1c(=NC(=O)c2cc(C)no2)sc2cc(C(=O)OC)ccc21. The van der Waals surface area contributed by atoms with E-state index in [1.807, 2.05) is 17.6 Å². The fraction of sp³-hybridized carbons (Fsp3) is 0.250. The Hall–Kier alpha value is -2.74. The van der Waals surface area contributed by atoms with Crippen LogP contribution in [0.25, 0.3) is 10.2 Å². The van der Waals surface area contributed by atoms with E-state index in [4.69, 9.17) is 9.26 Å². The Kier molecular flexibility index (Phi) is 4.30. The molecule has 2 heterocycles. The van der Waals surface area contributed by atoms with E-state index in [0.29, 0.717) is 22.6 Å². The van der Waals surface area contributed by atoms with Crippen LogP contribution in [0.15, 0.2) is 33.8 Å². The first-order valence-corrected chi connectivity index (χ1v) is 8.09. The molecule has 0 aliphatic rings. The summed E-state index contributed by atoms with van der Waals surface area (Å²) in [5, 5.41) is 3.69. The summed E-state index contributed by atoms with van der Waals surface area (Å²) in [5.41, 5.74) is 1.98. The lowest BCUT2D eigenvalue weighted by molar-refractivity contribution is 0.0601. The van der Waals surface area contributed by atoms with E-state index in [1.54, 1.807) is 25.1 Å². The molecule has 0 spiro atoms. The van der Waals surface area contributed by atoms with Gasteiger partial charge in [0.2, 0.25) is 5.76 Å². The fourth-order valence-corrected chi connectivity index (χ4v) is 3.45. The molecule has 0 fully saturated rings. The average molecular weight is 345 g/mol. The van der Waals surface area contributed by atoms with Crippen molar-refractivity contribution in [1.29, 1.82) is 0 Å². The van der Waals surface area contributed by atoms with Crippen molar-refractivity contribution < 1.29 is 18.8 Å². The number of nitrogens with zero attached hydrogens (tertiary/aromatic N) is 3. The molecule has 0 aliphatic carbocycles. The summed E-state index contributed by atoms with van der Waals surface area (Å²) in [4.78, 5) is 28.5. The molecule has 1 amide bonds. The average Bonchev–Trinajstić information content (AvgIpc) is 3.16. The summed E-state index contributed by atoms with van der Waals surface area (Å²) in [5.74, 6) is -0.791. The van der Waals surface area contributed by atoms with Crippen LogP contribution in [0.1, 0.15) is 33.5 Å². The Bertz CT molecular complexity index is 996. The van der Waals surface area contributed by atoms with Gasteiger partial charge in [-0.3, -0.25) is 4.79 Å². The lowest BCUT2D eigenvalue weighted by Gasteiger charge is -2.01. The number of aryl methyl sites for hydroxylation is 2. The van der Waals surface area contributed by atoms with Gasteiger partial charge < -0.3 is 13.8 Å². The third-order valence-electron chi connectivity index (χ3n) is 3.46. The van der Waals surface area contributed by atoms with E-state index in [2.05, 4.69) is 10.1 Å². The summed E-state index contributed by atoms with van der Waals surface area (Å²) in [6.07, 6.45) is 0. The molecule has 0 N–H and O–H groups in total. The number of amides is 1. The minimum Gasteiger partial charge on any atom is -0.465 e. The summed E-state index contributed by atoms with van der Waals surface area (Å²) in [6.45, 7) is 4.34. The van der Waals surface area contributed by atoms with E-state index < -0.39 is 11.9 Å². The number of carbonyl (C=O) groups is 2. The highest BCUT2D eigenvalue weighted by atomic mass is 32.1. The minimum atomic E-state index is -0.488. The van der Waals surface area contributed by atoms with Gasteiger partial charge in [0, 0.05) is 12.6 Å². The molecule has 7 nitrogen and oxygen atoms in total. The van der Waals surface area contributed by atoms with Crippen molar-refractivity contribution in [2.45, 2.75) is 20.4 Å². The van der Waals surface area contributed by atoms with Gasteiger partial charge in [0.15, 0.2) is 4.80 Å². The Morgan fingerprint density at radius 2 is 2.17 bits per heavy atom. The molecule has 3 rings (SSSR count). The first kappa shape index (κ1) is 16.1. The van der Waals surface area contributed by atoms with Crippen LogP contribution in [0.4, 0.5) is 0 Å². The van der Waals surface area contributed by atoms with E-state index in [-0.39, 0.29) is 5.76 Å². The van der Waals surface area contributed by atoms with Crippen LogP contribution in [0.2, 0.25) is 0 Å². The molecule has 0 unspecified atom stereocenters. The van der Waals surface area contributed by atoms with Gasteiger partial charge in [0.25, 0.3) is 0 Å². The predicted octanol–water partition coefficient (Wildman–Crippen LogP) is 2.55. The van der Waals surface area contributed by atoms with Crippen molar-refractivity contribution in [3.63, 3.8) is 0 Å². The molecule has 8 heteroatoms. The second-order valence-corrected chi connectivity index (χ2v) is 6.06. The van der Waals surface area contributed by atoms with Gasteiger partial charge in [-0.15, -0.1) is 0 Å². The molecule has 1 aromatic carbocycles. The summed E-state index contributed by atoms with van der Waals surface area (Å²) < 4.78 is 12.4. The Labute approximate surface area is 141 Å². The Morgan fingerprint density at radius 3 is 2.79 bits per heavy atom. The van der Waals surface area contributed by atoms with Crippen molar-refractivity contribution >= 4 is 33.4 Å². The van der Waals surface area contributed by atoms with Gasteiger partial charge in [-0.1, -0.05) is 16.5 Å². The van der Waals surface area contributed by atoms with Gasteiger partial charge in [-0.05, 0) is 32.0 Å². The molecule has 0 aliphatic heterocycles. The van der Waals surface area contributed by atoms with Gasteiger partial charge in [-0.2, -0.15) is 4.99 Å². The van der Waals surface area contributed by atoms with Gasteiger partial charge in [0.1, 0.15) is 0 Å². The molecular weight excluding hydrogens is 330 g/mol. The van der Waals surface area contributed by atoms with Crippen molar-refractivity contribution in [2.75, 3.05) is 7.11 Å². The smallest absolute Gasteiger partial charge is 0.337 e. The van der Waals surface area contributed by atoms with Crippen LogP contribution in [-0.4, -0.2) is 28.7 Å². The number of ether oxygens (including phenoxy) is 1. The molecule has 0 bridgehead atoms. The standard InChI is InChI=1S/C16H15N3O4S/c1-4-19-11-6-5-10(15(21)22-3)8-13(11)24-16(19)17-14(20)12-7-9(2)18-23-12/h5-8H,4H2,1-3H3. The summed E-state index contributed by atoms with van der Waals surface area (Å²) >= 11 is 1.33. The fourth-order valence-electron chi connectivity index (χ4n) is 2.32. The number of methoxy groups -OCH3 is 1. The first-order chi connectivity index (χ1) is 11.5. The van der Waals surface area contributed by atoms with E-state index in [0.717, 1.165) is 10.2 Å². The number of hydrogen-bond acceptors (Lipinski definition) is 6. The van der Waals surface area contributed by atoms with E-state index >= 15 is 0 Å². The zero-order valence-corrected chi connectivity index (χ0v) is 14.2. The third kappa shape index (κ3) is 2.88. The first-order valence-electron chi connectivity index (χ1n) is 7.27. The number of benzene rings is 1. The number of thiazole rings is 1. The molecular formula is C16H15N3O4S. The highest BCUT2D eigenvalue weighted by Crippen LogP contribution is 2.20. The quantitative estimate of drug-likeness (QED) is 0.681. The monoisotopic (exact) mass is 345 g/mol. The number of aromatic nitrogens is 2. The Balaban J connectivity index is 2.11. The molecule has 0 saturated carbocycles. The van der Waals surface area contributed by atoms with Crippen LogP contribution < -0.4 is 4.80 Å². The number of esters is 1. The van der Waals surface area contributed by atoms with Gasteiger partial charge in [-0.25, -0.2) is 4.79 Å². The lowest BCUT2D eigenvalue weighted by Crippen LogP contribution is -2.15. The van der Waals surface area contributed by atoms with Crippen LogP contribution in [0.5, 0.6) is 0 Å². The number of rotatable bonds is 3. The molecule has 0 saturated heterocycles. The highest BCUT2D eigenvalue weighted by Gasteiger charge is 2.14. The van der Waals surface area contributed by atoms with Crippen molar-refractivity contribution in [3.05, 3.63) is 46.1 Å². The molecule has 2 aromatic heterocycles. The maximum atomic E-state index is 12.2. The van der Waals surface area contributed by atoms with Crippen LogP contribution in [-0.2, 0) is 11.3 Å². The highest BCUT2D eigenvalue weighted by molar-refractivity contribution is 7.16. The maximum Gasteiger partial charge on any atom is 0.337 e. The molecule has 124 valence electrons. The topological polar surface area (TPSA) is 86.7 Å². The third-order valence-corrected chi connectivity index (χ3v) is 4.50. The lowest BCUT2D eigenvalue weighted by atomic mass is 10.2. The largest absolute Gasteiger partial charge is 0.465 e. The van der Waals surface area contributed by atoms with Gasteiger partial charge >= 0.3 is 11.9 Å².